The summed E-state index contributed by atoms with van der Waals surface area (Å²) in [6.45, 7) is 0. The quantitative estimate of drug-likeness (QED) is 0.447. The van der Waals surface area contributed by atoms with Gasteiger partial charge in [0.25, 0.3) is 5.91 Å². The Hall–Kier alpha value is -3.16. The molecule has 0 aliphatic heterocycles. The number of ether oxygens (including phenoxy) is 2. The monoisotopic (exact) mass is 456 g/mol. The lowest BCUT2D eigenvalue weighted by atomic mass is 10.2. The van der Waals surface area contributed by atoms with Gasteiger partial charge in [0.05, 0.1) is 25.7 Å². The second-order valence-corrected chi connectivity index (χ2v) is 7.88. The van der Waals surface area contributed by atoms with E-state index in [1.54, 1.807) is 55.6 Å². The highest BCUT2D eigenvalue weighted by atomic mass is 35.5. The number of benzene rings is 3. The Morgan fingerprint density at radius 1 is 0.935 bits per heavy atom. The van der Waals surface area contributed by atoms with Crippen molar-refractivity contribution in [3.05, 3.63) is 77.3 Å². The summed E-state index contributed by atoms with van der Waals surface area (Å²) in [7, 11) is 3.09. The van der Waals surface area contributed by atoms with Gasteiger partial charge in [-0.15, -0.1) is 11.8 Å². The third kappa shape index (κ3) is 6.41. The van der Waals surface area contributed by atoms with E-state index in [0.717, 1.165) is 4.90 Å². The van der Waals surface area contributed by atoms with Gasteiger partial charge in [-0.3, -0.25) is 9.59 Å². The Balaban J connectivity index is 1.60. The first-order valence-electron chi connectivity index (χ1n) is 9.30. The van der Waals surface area contributed by atoms with Crippen molar-refractivity contribution in [2.45, 2.75) is 4.90 Å². The zero-order chi connectivity index (χ0) is 22.2. The van der Waals surface area contributed by atoms with Crippen LogP contribution in [0.2, 0.25) is 5.02 Å². The average Bonchev–Trinajstić information content (AvgIpc) is 2.78. The Bertz CT molecular complexity index is 1090. The molecule has 31 heavy (non-hydrogen) atoms. The SMILES string of the molecule is COc1ccc(OC)c(NC(=O)CSc2cccc(NC(=O)c3cccc(Cl)c3)c2)c1. The van der Waals surface area contributed by atoms with E-state index < -0.39 is 0 Å². The highest BCUT2D eigenvalue weighted by Crippen LogP contribution is 2.29. The van der Waals surface area contributed by atoms with E-state index in [-0.39, 0.29) is 17.6 Å². The number of hydrogen-bond acceptors (Lipinski definition) is 5. The Labute approximate surface area is 189 Å². The summed E-state index contributed by atoms with van der Waals surface area (Å²) in [6.07, 6.45) is 0. The standard InChI is InChI=1S/C23H21ClN2O4S/c1-29-18-9-10-21(30-2)20(13-18)26-22(27)14-31-19-8-4-7-17(12-19)25-23(28)15-5-3-6-16(24)11-15/h3-13H,14H2,1-2H3,(H,25,28)(H,26,27). The van der Waals surface area contributed by atoms with Gasteiger partial charge in [0, 0.05) is 27.2 Å². The van der Waals surface area contributed by atoms with Crippen molar-refractivity contribution >= 4 is 46.6 Å². The summed E-state index contributed by atoms with van der Waals surface area (Å²) in [4.78, 5) is 25.7. The summed E-state index contributed by atoms with van der Waals surface area (Å²) < 4.78 is 10.5. The predicted molar refractivity (Wildman–Crippen MR) is 125 cm³/mol. The van der Waals surface area contributed by atoms with Gasteiger partial charge in [0.15, 0.2) is 0 Å². The Kier molecular flexibility index (Phi) is 7.81. The number of methoxy groups -OCH3 is 2. The van der Waals surface area contributed by atoms with Crippen LogP contribution in [0.1, 0.15) is 10.4 Å². The van der Waals surface area contributed by atoms with Crippen molar-refractivity contribution in [3.8, 4) is 11.5 Å². The fraction of sp³-hybridized carbons (Fsp3) is 0.130. The van der Waals surface area contributed by atoms with E-state index in [1.165, 1.54) is 18.9 Å². The third-order valence-electron chi connectivity index (χ3n) is 4.23. The maximum Gasteiger partial charge on any atom is 0.255 e. The first-order chi connectivity index (χ1) is 15.0. The lowest BCUT2D eigenvalue weighted by molar-refractivity contribution is -0.113. The van der Waals surface area contributed by atoms with Crippen molar-refractivity contribution < 1.29 is 19.1 Å². The van der Waals surface area contributed by atoms with Crippen LogP contribution in [0.4, 0.5) is 11.4 Å². The van der Waals surface area contributed by atoms with Gasteiger partial charge in [-0.1, -0.05) is 23.7 Å². The van der Waals surface area contributed by atoms with Gasteiger partial charge in [0.2, 0.25) is 5.91 Å². The number of rotatable bonds is 8. The lowest BCUT2D eigenvalue weighted by Crippen LogP contribution is -2.15. The summed E-state index contributed by atoms with van der Waals surface area (Å²) in [6, 6.07) is 19.2. The van der Waals surface area contributed by atoms with Crippen LogP contribution in [0.15, 0.2) is 71.6 Å². The van der Waals surface area contributed by atoms with E-state index in [9.17, 15) is 9.59 Å². The van der Waals surface area contributed by atoms with Crippen LogP contribution in [0.25, 0.3) is 0 Å². The van der Waals surface area contributed by atoms with Crippen molar-refractivity contribution in [3.63, 3.8) is 0 Å². The van der Waals surface area contributed by atoms with Crippen molar-refractivity contribution in [2.24, 2.45) is 0 Å². The van der Waals surface area contributed by atoms with E-state index in [0.29, 0.717) is 33.5 Å². The minimum absolute atomic E-state index is 0.187. The van der Waals surface area contributed by atoms with E-state index in [2.05, 4.69) is 10.6 Å². The molecule has 3 rings (SSSR count). The van der Waals surface area contributed by atoms with Crippen molar-refractivity contribution in [2.75, 3.05) is 30.6 Å². The molecule has 0 saturated heterocycles. The molecule has 0 unspecified atom stereocenters. The van der Waals surface area contributed by atoms with Crippen LogP contribution in [0.3, 0.4) is 0 Å². The molecule has 0 aliphatic carbocycles. The van der Waals surface area contributed by atoms with Gasteiger partial charge in [-0.05, 0) is 48.5 Å². The zero-order valence-corrected chi connectivity index (χ0v) is 18.5. The molecule has 0 aromatic heterocycles. The molecule has 3 aromatic carbocycles. The number of anilines is 2. The van der Waals surface area contributed by atoms with Gasteiger partial charge in [-0.25, -0.2) is 0 Å². The zero-order valence-electron chi connectivity index (χ0n) is 17.0. The van der Waals surface area contributed by atoms with E-state index in [1.807, 2.05) is 18.2 Å². The minimum atomic E-state index is -0.257. The van der Waals surface area contributed by atoms with E-state index >= 15 is 0 Å². The summed E-state index contributed by atoms with van der Waals surface area (Å²) in [5, 5.41) is 6.17. The molecule has 0 bridgehead atoms. The maximum absolute atomic E-state index is 12.4. The van der Waals surface area contributed by atoms with Crippen molar-refractivity contribution in [1.29, 1.82) is 0 Å². The summed E-state index contributed by atoms with van der Waals surface area (Å²) >= 11 is 7.30. The topological polar surface area (TPSA) is 76.7 Å². The second-order valence-electron chi connectivity index (χ2n) is 6.40. The maximum atomic E-state index is 12.4. The van der Waals surface area contributed by atoms with Crippen LogP contribution in [-0.4, -0.2) is 31.8 Å². The molecule has 2 amide bonds. The number of nitrogens with one attached hydrogen (secondary N) is 2. The molecule has 8 heteroatoms. The molecule has 0 radical (unpaired) electrons. The first-order valence-corrected chi connectivity index (χ1v) is 10.7. The van der Waals surface area contributed by atoms with E-state index in [4.69, 9.17) is 21.1 Å². The molecule has 0 fully saturated rings. The van der Waals surface area contributed by atoms with Gasteiger partial charge < -0.3 is 20.1 Å². The highest BCUT2D eigenvalue weighted by molar-refractivity contribution is 8.00. The molecule has 0 spiro atoms. The number of carbonyl (C=O) groups is 2. The Morgan fingerprint density at radius 3 is 2.48 bits per heavy atom. The molecular weight excluding hydrogens is 436 g/mol. The first kappa shape index (κ1) is 22.5. The molecule has 2 N–H and O–H groups in total. The Morgan fingerprint density at radius 2 is 1.74 bits per heavy atom. The van der Waals surface area contributed by atoms with Gasteiger partial charge >= 0.3 is 0 Å². The van der Waals surface area contributed by atoms with Gasteiger partial charge in [-0.2, -0.15) is 0 Å². The second kappa shape index (κ2) is 10.7. The van der Waals surface area contributed by atoms with Crippen LogP contribution in [0, 0.1) is 0 Å². The summed E-state index contributed by atoms with van der Waals surface area (Å²) in [5.74, 6) is 0.903. The van der Waals surface area contributed by atoms with Gasteiger partial charge in [0.1, 0.15) is 11.5 Å². The predicted octanol–water partition coefficient (Wildman–Crippen LogP) is 5.34. The fourth-order valence-corrected chi connectivity index (χ4v) is 3.69. The van der Waals surface area contributed by atoms with Crippen LogP contribution in [-0.2, 0) is 4.79 Å². The number of thioether (sulfide) groups is 1. The lowest BCUT2D eigenvalue weighted by Gasteiger charge is -2.12. The fourth-order valence-electron chi connectivity index (χ4n) is 2.74. The van der Waals surface area contributed by atoms with Crippen LogP contribution >= 0.6 is 23.4 Å². The number of hydrogen-bond donors (Lipinski definition) is 2. The third-order valence-corrected chi connectivity index (χ3v) is 5.46. The molecule has 0 aliphatic rings. The van der Waals surface area contributed by atoms with Crippen molar-refractivity contribution in [1.82, 2.24) is 0 Å². The van der Waals surface area contributed by atoms with Crippen LogP contribution in [0.5, 0.6) is 11.5 Å². The summed E-state index contributed by atoms with van der Waals surface area (Å²) in [5.41, 5.74) is 1.64. The van der Waals surface area contributed by atoms with Crippen LogP contribution < -0.4 is 20.1 Å². The molecule has 6 nitrogen and oxygen atoms in total. The largest absolute Gasteiger partial charge is 0.497 e. The number of carbonyl (C=O) groups excluding carboxylic acids is 2. The normalized spacial score (nSPS) is 10.3. The smallest absolute Gasteiger partial charge is 0.255 e. The average molecular weight is 457 g/mol. The molecule has 3 aromatic rings. The number of halogens is 1. The minimum Gasteiger partial charge on any atom is -0.497 e. The number of amides is 2. The molecular formula is C23H21ClN2O4S. The molecule has 0 heterocycles. The molecule has 160 valence electrons. The highest BCUT2D eigenvalue weighted by Gasteiger charge is 2.11. The molecule has 0 saturated carbocycles. The molecule has 0 atom stereocenters.